The van der Waals surface area contributed by atoms with Crippen molar-refractivity contribution in [2.24, 2.45) is 5.73 Å². The number of carboxylic acids is 1. The lowest BCUT2D eigenvalue weighted by molar-refractivity contribution is -0.140. The maximum atomic E-state index is 13.1. The van der Waals surface area contributed by atoms with Crippen LogP contribution >= 0.6 is 11.3 Å². The highest BCUT2D eigenvalue weighted by atomic mass is 32.1. The van der Waals surface area contributed by atoms with E-state index in [9.17, 15) is 19.5 Å². The Hall–Kier alpha value is -3.00. The lowest BCUT2D eigenvalue weighted by atomic mass is 10.1. The lowest BCUT2D eigenvalue weighted by Gasteiger charge is -2.16. The van der Waals surface area contributed by atoms with Crippen molar-refractivity contribution in [1.29, 1.82) is 0 Å². The molecule has 3 aromatic rings. The molecule has 26 heavy (non-hydrogen) atoms. The van der Waals surface area contributed by atoms with E-state index in [2.05, 4.69) is 4.98 Å². The maximum absolute atomic E-state index is 13.1. The summed E-state index contributed by atoms with van der Waals surface area (Å²) in [6, 6.07) is 6.16. The first-order valence-corrected chi connectivity index (χ1v) is 8.69. The normalized spacial score (nSPS) is 12.3. The summed E-state index contributed by atoms with van der Waals surface area (Å²) in [6.07, 6.45) is 0. The van der Waals surface area contributed by atoms with Crippen LogP contribution in [0, 0.1) is 13.8 Å². The summed E-state index contributed by atoms with van der Waals surface area (Å²) in [7, 11) is 0. The molecule has 0 bridgehead atoms. The number of aryl methyl sites for hydroxylation is 2. The van der Waals surface area contributed by atoms with Crippen molar-refractivity contribution in [1.82, 2.24) is 9.55 Å². The van der Waals surface area contributed by atoms with Gasteiger partial charge in [0.25, 0.3) is 11.5 Å². The lowest BCUT2D eigenvalue weighted by Crippen LogP contribution is -2.30. The largest absolute Gasteiger partial charge is 0.480 e. The number of hydrogen-bond donors (Lipinski definition) is 2. The Balaban J connectivity index is 2.44. The molecule has 0 fully saturated rings. The van der Waals surface area contributed by atoms with Gasteiger partial charge in [0.05, 0.1) is 10.3 Å². The molecule has 3 N–H and O–H groups in total. The van der Waals surface area contributed by atoms with Crippen molar-refractivity contribution in [3.05, 3.63) is 50.6 Å². The maximum Gasteiger partial charge on any atom is 0.326 e. The van der Waals surface area contributed by atoms with Crippen LogP contribution in [0.1, 0.15) is 33.8 Å². The number of rotatable bonds is 4. The van der Waals surface area contributed by atoms with Crippen LogP contribution in [0.25, 0.3) is 21.6 Å². The molecule has 0 saturated carbocycles. The zero-order chi connectivity index (χ0) is 19.2. The zero-order valence-electron chi connectivity index (χ0n) is 14.4. The molecule has 8 heteroatoms. The van der Waals surface area contributed by atoms with E-state index >= 15 is 0 Å². The monoisotopic (exact) mass is 371 g/mol. The molecular weight excluding hydrogens is 354 g/mol. The van der Waals surface area contributed by atoms with Crippen LogP contribution in [0.3, 0.4) is 0 Å². The van der Waals surface area contributed by atoms with E-state index in [1.54, 1.807) is 19.1 Å². The van der Waals surface area contributed by atoms with Gasteiger partial charge in [0.1, 0.15) is 16.7 Å². The van der Waals surface area contributed by atoms with Crippen molar-refractivity contribution in [3.63, 3.8) is 0 Å². The Morgan fingerprint density at radius 2 is 1.85 bits per heavy atom. The Morgan fingerprint density at radius 1 is 1.23 bits per heavy atom. The van der Waals surface area contributed by atoms with Gasteiger partial charge in [-0.2, -0.15) is 0 Å². The van der Waals surface area contributed by atoms with E-state index in [0.717, 1.165) is 21.5 Å². The van der Waals surface area contributed by atoms with Crippen LogP contribution in [0.5, 0.6) is 0 Å². The van der Waals surface area contributed by atoms with Crippen LogP contribution in [-0.2, 0) is 4.79 Å². The Bertz CT molecular complexity index is 1100. The van der Waals surface area contributed by atoms with Crippen molar-refractivity contribution in [2.75, 3.05) is 0 Å². The third kappa shape index (κ3) is 2.78. The summed E-state index contributed by atoms with van der Waals surface area (Å²) in [5.74, 6) is -1.54. The molecule has 1 unspecified atom stereocenters. The van der Waals surface area contributed by atoms with Crippen LogP contribution in [0.2, 0.25) is 0 Å². The van der Waals surface area contributed by atoms with Gasteiger partial charge < -0.3 is 10.8 Å². The third-order valence-corrected chi connectivity index (χ3v) is 5.47. The standard InChI is InChI=1S/C18H17N3O4S/c1-8-4-6-11(7-5-8)15-20-16-12(9(2)13(26-16)14(19)22)17(23)21(15)10(3)18(24)25/h4-7,10H,1-3H3,(H2,19,22)(H,24,25). The number of primary amides is 1. The Morgan fingerprint density at radius 3 is 2.38 bits per heavy atom. The van der Waals surface area contributed by atoms with Crippen molar-refractivity contribution in [2.45, 2.75) is 26.8 Å². The van der Waals surface area contributed by atoms with Gasteiger partial charge in [-0.15, -0.1) is 11.3 Å². The molecule has 1 atom stereocenters. The van der Waals surface area contributed by atoms with Gasteiger partial charge in [0, 0.05) is 5.56 Å². The SMILES string of the molecule is Cc1ccc(-c2nc3sc(C(N)=O)c(C)c3c(=O)n2C(C)C(=O)O)cc1. The second-order valence-corrected chi connectivity index (χ2v) is 7.09. The van der Waals surface area contributed by atoms with Gasteiger partial charge in [-0.1, -0.05) is 29.8 Å². The number of thiophene rings is 1. The smallest absolute Gasteiger partial charge is 0.326 e. The van der Waals surface area contributed by atoms with Crippen molar-refractivity contribution < 1.29 is 14.7 Å². The molecule has 0 saturated heterocycles. The van der Waals surface area contributed by atoms with E-state index in [1.807, 2.05) is 19.1 Å². The summed E-state index contributed by atoms with van der Waals surface area (Å²) in [5.41, 5.74) is 6.96. The molecule has 7 nitrogen and oxygen atoms in total. The average molecular weight is 371 g/mol. The number of carbonyl (C=O) groups excluding carboxylic acids is 1. The molecule has 1 aromatic carbocycles. The minimum absolute atomic E-state index is 0.229. The van der Waals surface area contributed by atoms with Crippen LogP contribution in [0.15, 0.2) is 29.1 Å². The van der Waals surface area contributed by atoms with Crippen molar-refractivity contribution in [3.8, 4) is 11.4 Å². The molecule has 0 aliphatic heterocycles. The third-order valence-electron chi connectivity index (χ3n) is 4.27. The number of nitrogens with two attached hydrogens (primary N) is 1. The summed E-state index contributed by atoms with van der Waals surface area (Å²) in [6.45, 7) is 4.96. The van der Waals surface area contributed by atoms with E-state index < -0.39 is 23.5 Å². The number of carbonyl (C=O) groups is 2. The van der Waals surface area contributed by atoms with Gasteiger partial charge in [-0.3, -0.25) is 14.2 Å². The highest BCUT2D eigenvalue weighted by Gasteiger charge is 2.25. The molecule has 3 rings (SSSR count). The second kappa shape index (κ2) is 6.38. The molecule has 2 aromatic heterocycles. The number of carboxylic acid groups (broad SMARTS) is 1. The molecule has 134 valence electrons. The quantitative estimate of drug-likeness (QED) is 0.731. The predicted molar refractivity (Wildman–Crippen MR) is 99.7 cm³/mol. The average Bonchev–Trinajstić information content (AvgIpc) is 2.92. The first kappa shape index (κ1) is 17.8. The van der Waals surface area contributed by atoms with Gasteiger partial charge in [0.15, 0.2) is 0 Å². The fraction of sp³-hybridized carbons (Fsp3) is 0.222. The van der Waals surface area contributed by atoms with E-state index in [0.29, 0.717) is 16.0 Å². The first-order valence-electron chi connectivity index (χ1n) is 7.87. The minimum atomic E-state index is -1.15. The van der Waals surface area contributed by atoms with Gasteiger partial charge in [0.2, 0.25) is 0 Å². The number of amides is 1. The van der Waals surface area contributed by atoms with Crippen LogP contribution in [0.4, 0.5) is 0 Å². The first-order chi connectivity index (χ1) is 12.2. The molecule has 2 heterocycles. The highest BCUT2D eigenvalue weighted by molar-refractivity contribution is 7.20. The van der Waals surface area contributed by atoms with E-state index in [4.69, 9.17) is 5.73 Å². The summed E-state index contributed by atoms with van der Waals surface area (Å²) in [5, 5.41) is 9.68. The number of aromatic nitrogens is 2. The number of hydrogen-bond acceptors (Lipinski definition) is 5. The Labute approximate surface area is 152 Å². The van der Waals surface area contributed by atoms with Gasteiger partial charge in [-0.25, -0.2) is 9.78 Å². The summed E-state index contributed by atoms with van der Waals surface area (Å²) < 4.78 is 1.15. The molecule has 0 spiro atoms. The molecule has 0 aliphatic rings. The molecule has 1 amide bonds. The summed E-state index contributed by atoms with van der Waals surface area (Å²) in [4.78, 5) is 41.4. The van der Waals surface area contributed by atoms with E-state index in [-0.39, 0.29) is 16.1 Å². The van der Waals surface area contributed by atoms with Gasteiger partial charge >= 0.3 is 5.97 Å². The van der Waals surface area contributed by atoms with E-state index in [1.165, 1.54) is 6.92 Å². The fourth-order valence-corrected chi connectivity index (χ4v) is 3.83. The van der Waals surface area contributed by atoms with Crippen LogP contribution < -0.4 is 11.3 Å². The number of fused-ring (bicyclic) bond motifs is 1. The minimum Gasteiger partial charge on any atom is -0.480 e. The zero-order valence-corrected chi connectivity index (χ0v) is 15.3. The Kier molecular flexibility index (Phi) is 4.37. The fourth-order valence-electron chi connectivity index (χ4n) is 2.81. The number of nitrogens with zero attached hydrogens (tertiary/aromatic N) is 2. The molecule has 0 radical (unpaired) electrons. The number of aliphatic carboxylic acids is 1. The highest BCUT2D eigenvalue weighted by Crippen LogP contribution is 2.30. The second-order valence-electron chi connectivity index (χ2n) is 6.09. The van der Waals surface area contributed by atoms with Gasteiger partial charge in [-0.05, 0) is 26.3 Å². The molecular formula is C18H17N3O4S. The predicted octanol–water partition coefficient (Wildman–Crippen LogP) is 2.49. The van der Waals surface area contributed by atoms with Crippen LogP contribution in [-0.4, -0.2) is 26.5 Å². The van der Waals surface area contributed by atoms with Crippen molar-refractivity contribution >= 4 is 33.4 Å². The topological polar surface area (TPSA) is 115 Å². The molecule has 0 aliphatic carbocycles. The summed E-state index contributed by atoms with van der Waals surface area (Å²) >= 11 is 1.04. The number of benzene rings is 1.